The highest BCUT2D eigenvalue weighted by molar-refractivity contribution is 5.96. The number of carboxylic acids is 1. The Kier molecular flexibility index (Phi) is 6.52. The van der Waals surface area contributed by atoms with Crippen LogP contribution in [0.2, 0.25) is 0 Å². The summed E-state index contributed by atoms with van der Waals surface area (Å²) in [6, 6.07) is 12.0. The molecule has 28 heavy (non-hydrogen) atoms. The summed E-state index contributed by atoms with van der Waals surface area (Å²) in [6.45, 7) is 5.92. The molecule has 0 spiro atoms. The van der Waals surface area contributed by atoms with E-state index in [2.05, 4.69) is 22.0 Å². The Hall–Kier alpha value is -2.60. The molecule has 0 aliphatic carbocycles. The van der Waals surface area contributed by atoms with E-state index in [4.69, 9.17) is 4.74 Å². The summed E-state index contributed by atoms with van der Waals surface area (Å²) in [4.78, 5) is 24.4. The monoisotopic (exact) mass is 384 g/mol. The zero-order valence-electron chi connectivity index (χ0n) is 16.5. The van der Waals surface area contributed by atoms with Crippen LogP contribution in [0.3, 0.4) is 0 Å². The third-order valence-corrected chi connectivity index (χ3v) is 5.64. The summed E-state index contributed by atoms with van der Waals surface area (Å²) >= 11 is 0. The highest BCUT2D eigenvalue weighted by Gasteiger charge is 2.30. The van der Waals surface area contributed by atoms with Crippen molar-refractivity contribution >= 4 is 11.9 Å². The van der Waals surface area contributed by atoms with Crippen molar-refractivity contribution in [3.05, 3.63) is 58.9 Å². The van der Waals surface area contributed by atoms with Crippen LogP contribution in [0.25, 0.3) is 0 Å². The van der Waals surface area contributed by atoms with Gasteiger partial charge in [0, 0.05) is 37.7 Å². The molecule has 0 radical (unpaired) electrons. The van der Waals surface area contributed by atoms with E-state index in [9.17, 15) is 14.7 Å². The molecule has 6 heteroatoms. The summed E-state index contributed by atoms with van der Waals surface area (Å²) in [5.41, 5.74) is 3.66. The van der Waals surface area contributed by atoms with Crippen LogP contribution in [0.1, 0.15) is 40.2 Å². The fourth-order valence-electron chi connectivity index (χ4n) is 3.91. The van der Waals surface area contributed by atoms with Gasteiger partial charge in [0.05, 0.1) is 11.5 Å². The number of rotatable bonds is 7. The van der Waals surface area contributed by atoms with Crippen molar-refractivity contribution in [3.8, 4) is 0 Å². The maximum Gasteiger partial charge on any atom is 0.308 e. The Morgan fingerprint density at radius 2 is 1.89 bits per heavy atom. The first kappa shape index (κ1) is 20.1. The summed E-state index contributed by atoms with van der Waals surface area (Å²) in [5, 5.41) is 12.4. The minimum Gasteiger partial charge on any atom is -0.481 e. The van der Waals surface area contributed by atoms with E-state index < -0.39 is 11.9 Å². The maximum atomic E-state index is 12.8. The molecule has 1 unspecified atom stereocenters. The SMILES string of the molecule is Cc1cc(C(=O)NCC(C(=O)O)C2CCOCC2)c(C)n1Cc1ccccc1. The molecule has 1 aromatic carbocycles. The predicted molar refractivity (Wildman–Crippen MR) is 106 cm³/mol. The number of aliphatic carboxylic acids is 1. The fraction of sp³-hybridized carbons (Fsp3) is 0.455. The van der Waals surface area contributed by atoms with Crippen molar-refractivity contribution < 1.29 is 19.4 Å². The zero-order valence-corrected chi connectivity index (χ0v) is 16.5. The van der Waals surface area contributed by atoms with Crippen molar-refractivity contribution in [2.45, 2.75) is 33.2 Å². The molecule has 0 saturated carbocycles. The quantitative estimate of drug-likeness (QED) is 0.769. The third-order valence-electron chi connectivity index (χ3n) is 5.64. The van der Waals surface area contributed by atoms with Crippen LogP contribution in [-0.4, -0.2) is 41.3 Å². The molecule has 0 bridgehead atoms. The standard InChI is InChI=1S/C22H28N2O4/c1-15-12-19(16(2)24(15)14-17-6-4-3-5-7-17)21(25)23-13-20(22(26)27)18-8-10-28-11-9-18/h3-7,12,18,20H,8-11,13-14H2,1-2H3,(H,23,25)(H,26,27). The van der Waals surface area contributed by atoms with Gasteiger partial charge in [-0.05, 0) is 44.2 Å². The van der Waals surface area contributed by atoms with Gasteiger partial charge in [-0.2, -0.15) is 0 Å². The molecule has 1 fully saturated rings. The summed E-state index contributed by atoms with van der Waals surface area (Å²) in [6.07, 6.45) is 1.44. The van der Waals surface area contributed by atoms with Crippen molar-refractivity contribution in [2.24, 2.45) is 11.8 Å². The van der Waals surface area contributed by atoms with E-state index in [0.717, 1.165) is 24.2 Å². The molecule has 1 amide bonds. The lowest BCUT2D eigenvalue weighted by Crippen LogP contribution is -2.39. The Labute approximate surface area is 165 Å². The van der Waals surface area contributed by atoms with Gasteiger partial charge in [-0.3, -0.25) is 9.59 Å². The third kappa shape index (κ3) is 4.62. The molecule has 2 N–H and O–H groups in total. The van der Waals surface area contributed by atoms with Gasteiger partial charge in [0.2, 0.25) is 0 Å². The molecule has 1 atom stereocenters. The summed E-state index contributed by atoms with van der Waals surface area (Å²) < 4.78 is 7.43. The number of hydrogen-bond donors (Lipinski definition) is 2. The first-order valence-electron chi connectivity index (χ1n) is 9.76. The molecule has 2 aromatic rings. The number of nitrogens with one attached hydrogen (secondary N) is 1. The second-order valence-corrected chi connectivity index (χ2v) is 7.46. The normalized spacial score (nSPS) is 15.9. The second-order valence-electron chi connectivity index (χ2n) is 7.46. The number of carbonyl (C=O) groups excluding carboxylic acids is 1. The topological polar surface area (TPSA) is 80.6 Å². The van der Waals surface area contributed by atoms with E-state index >= 15 is 0 Å². The van der Waals surface area contributed by atoms with E-state index in [0.29, 0.717) is 25.3 Å². The molecule has 3 rings (SSSR count). The molecule has 6 nitrogen and oxygen atoms in total. The van der Waals surface area contributed by atoms with E-state index in [1.165, 1.54) is 5.56 Å². The lowest BCUT2D eigenvalue weighted by Gasteiger charge is -2.27. The number of ether oxygens (including phenoxy) is 1. The smallest absolute Gasteiger partial charge is 0.308 e. The number of carboxylic acid groups (broad SMARTS) is 1. The first-order valence-corrected chi connectivity index (χ1v) is 9.76. The number of amides is 1. The second kappa shape index (κ2) is 9.06. The van der Waals surface area contributed by atoms with Crippen LogP contribution in [0.4, 0.5) is 0 Å². The molecule has 150 valence electrons. The van der Waals surface area contributed by atoms with Gasteiger partial charge >= 0.3 is 5.97 Å². The van der Waals surface area contributed by atoms with Gasteiger partial charge in [-0.15, -0.1) is 0 Å². The number of aryl methyl sites for hydroxylation is 1. The van der Waals surface area contributed by atoms with Crippen molar-refractivity contribution in [1.82, 2.24) is 9.88 Å². The van der Waals surface area contributed by atoms with Crippen LogP contribution in [-0.2, 0) is 16.1 Å². The van der Waals surface area contributed by atoms with Crippen molar-refractivity contribution in [2.75, 3.05) is 19.8 Å². The summed E-state index contributed by atoms with van der Waals surface area (Å²) in [7, 11) is 0. The Morgan fingerprint density at radius 3 is 2.54 bits per heavy atom. The molecule has 1 aliphatic heterocycles. The van der Waals surface area contributed by atoms with Gasteiger partial charge in [0.15, 0.2) is 0 Å². The van der Waals surface area contributed by atoms with E-state index in [-0.39, 0.29) is 18.4 Å². The average molecular weight is 384 g/mol. The number of carbonyl (C=O) groups is 2. The predicted octanol–water partition coefficient (Wildman–Crippen LogP) is 3.01. The van der Waals surface area contributed by atoms with Gasteiger partial charge in [0.1, 0.15) is 0 Å². The minimum atomic E-state index is -0.859. The highest BCUT2D eigenvalue weighted by atomic mass is 16.5. The van der Waals surface area contributed by atoms with Crippen LogP contribution >= 0.6 is 0 Å². The number of nitrogens with zero attached hydrogens (tertiary/aromatic N) is 1. The fourth-order valence-corrected chi connectivity index (χ4v) is 3.91. The van der Waals surface area contributed by atoms with E-state index in [1.807, 2.05) is 38.1 Å². The lowest BCUT2D eigenvalue weighted by molar-refractivity contribution is -0.144. The summed E-state index contributed by atoms with van der Waals surface area (Å²) in [5.74, 6) is -1.62. The molecular formula is C22H28N2O4. The maximum absolute atomic E-state index is 12.8. The first-order chi connectivity index (χ1) is 13.5. The van der Waals surface area contributed by atoms with Crippen LogP contribution in [0, 0.1) is 25.7 Å². The van der Waals surface area contributed by atoms with Crippen molar-refractivity contribution in [3.63, 3.8) is 0 Å². The van der Waals surface area contributed by atoms with Crippen LogP contribution in [0.5, 0.6) is 0 Å². The van der Waals surface area contributed by atoms with Gasteiger partial charge in [-0.1, -0.05) is 30.3 Å². The largest absolute Gasteiger partial charge is 0.481 e. The van der Waals surface area contributed by atoms with Crippen molar-refractivity contribution in [1.29, 1.82) is 0 Å². The van der Waals surface area contributed by atoms with E-state index in [1.54, 1.807) is 0 Å². The molecular weight excluding hydrogens is 356 g/mol. The highest BCUT2D eigenvalue weighted by Crippen LogP contribution is 2.24. The van der Waals surface area contributed by atoms with Crippen LogP contribution in [0.15, 0.2) is 36.4 Å². The Balaban J connectivity index is 1.68. The minimum absolute atomic E-state index is 0.0389. The lowest BCUT2D eigenvalue weighted by atomic mass is 9.86. The Morgan fingerprint density at radius 1 is 1.21 bits per heavy atom. The zero-order chi connectivity index (χ0) is 20.1. The number of aromatic nitrogens is 1. The molecule has 2 heterocycles. The Bertz CT molecular complexity index is 823. The number of benzene rings is 1. The van der Waals surface area contributed by atoms with Gasteiger partial charge in [-0.25, -0.2) is 0 Å². The molecule has 1 saturated heterocycles. The van der Waals surface area contributed by atoms with Gasteiger partial charge < -0.3 is 19.7 Å². The van der Waals surface area contributed by atoms with Crippen LogP contribution < -0.4 is 5.32 Å². The molecule has 1 aromatic heterocycles. The van der Waals surface area contributed by atoms with Gasteiger partial charge in [0.25, 0.3) is 5.91 Å². The average Bonchev–Trinajstić information content (AvgIpc) is 2.98. The number of hydrogen-bond acceptors (Lipinski definition) is 3. The molecule has 1 aliphatic rings.